The number of ether oxygens (including phenoxy) is 1. The molecule has 0 amide bonds. The third-order valence-corrected chi connectivity index (χ3v) is 2.59. The number of hydrogen-bond donors (Lipinski definition) is 2. The summed E-state index contributed by atoms with van der Waals surface area (Å²) in [6, 6.07) is 0. The Balaban J connectivity index is 2.18. The van der Waals surface area contributed by atoms with Crippen molar-refractivity contribution in [3.8, 4) is 0 Å². The summed E-state index contributed by atoms with van der Waals surface area (Å²) in [7, 11) is 1.62. The fraction of sp³-hybridized carbons (Fsp3) is 0.889. The van der Waals surface area contributed by atoms with E-state index in [1.165, 1.54) is 0 Å². The third kappa shape index (κ3) is 2.67. The summed E-state index contributed by atoms with van der Waals surface area (Å²) in [5, 5.41) is 18.3. The van der Waals surface area contributed by atoms with Crippen molar-refractivity contribution in [1.82, 2.24) is 0 Å². The van der Waals surface area contributed by atoms with Crippen LogP contribution in [0, 0.1) is 5.92 Å². The van der Waals surface area contributed by atoms with Gasteiger partial charge in [0.1, 0.15) is 0 Å². The maximum absolute atomic E-state index is 10.5. The van der Waals surface area contributed by atoms with Gasteiger partial charge in [0.05, 0.1) is 11.5 Å². The maximum Gasteiger partial charge on any atom is 0.306 e. The van der Waals surface area contributed by atoms with E-state index in [9.17, 15) is 9.90 Å². The van der Waals surface area contributed by atoms with E-state index in [1.54, 1.807) is 7.11 Å². The second-order valence-electron chi connectivity index (χ2n) is 3.76. The first-order chi connectivity index (χ1) is 6.07. The quantitative estimate of drug-likeness (QED) is 0.621. The summed E-state index contributed by atoms with van der Waals surface area (Å²) in [6.07, 6.45) is 2.22. The van der Waals surface area contributed by atoms with E-state index < -0.39 is 11.6 Å². The molecule has 4 nitrogen and oxygen atoms in total. The zero-order valence-electron chi connectivity index (χ0n) is 7.82. The third-order valence-electron chi connectivity index (χ3n) is 2.59. The second-order valence-corrected chi connectivity index (χ2v) is 3.76. The van der Waals surface area contributed by atoms with E-state index in [1.807, 2.05) is 0 Å². The summed E-state index contributed by atoms with van der Waals surface area (Å²) < 4.78 is 4.85. The highest BCUT2D eigenvalue weighted by Crippen LogP contribution is 2.40. The van der Waals surface area contributed by atoms with Gasteiger partial charge in [-0.2, -0.15) is 0 Å². The number of carbonyl (C=O) groups is 1. The molecule has 2 N–H and O–H groups in total. The van der Waals surface area contributed by atoms with Crippen molar-refractivity contribution in [3.63, 3.8) is 0 Å². The molecular weight excluding hydrogens is 172 g/mol. The smallest absolute Gasteiger partial charge is 0.306 e. The summed E-state index contributed by atoms with van der Waals surface area (Å²) in [5.41, 5.74) is -0.735. The molecule has 0 aliphatic heterocycles. The Morgan fingerprint density at radius 3 is 2.69 bits per heavy atom. The first-order valence-corrected chi connectivity index (χ1v) is 4.51. The van der Waals surface area contributed by atoms with Gasteiger partial charge in [0.25, 0.3) is 0 Å². The van der Waals surface area contributed by atoms with Gasteiger partial charge in [0.15, 0.2) is 0 Å². The van der Waals surface area contributed by atoms with Crippen molar-refractivity contribution >= 4 is 5.97 Å². The lowest BCUT2D eigenvalue weighted by Crippen LogP contribution is -2.47. The summed E-state index contributed by atoms with van der Waals surface area (Å²) in [4.78, 5) is 10.5. The molecule has 13 heavy (non-hydrogen) atoms. The van der Waals surface area contributed by atoms with Crippen LogP contribution in [0.25, 0.3) is 0 Å². The predicted molar refractivity (Wildman–Crippen MR) is 46.4 cm³/mol. The second kappa shape index (κ2) is 4.07. The molecule has 0 heterocycles. The van der Waals surface area contributed by atoms with Crippen LogP contribution in [-0.2, 0) is 9.53 Å². The molecule has 0 aromatic rings. The molecule has 4 heteroatoms. The van der Waals surface area contributed by atoms with Gasteiger partial charge in [0.2, 0.25) is 0 Å². The first kappa shape index (κ1) is 10.5. The highest BCUT2D eigenvalue weighted by molar-refractivity contribution is 5.71. The van der Waals surface area contributed by atoms with Gasteiger partial charge in [-0.05, 0) is 25.7 Å². The largest absolute Gasteiger partial charge is 0.481 e. The van der Waals surface area contributed by atoms with Crippen LogP contribution in [0.15, 0.2) is 0 Å². The number of hydrogen-bond acceptors (Lipinski definition) is 3. The molecule has 1 rings (SSSR count). The number of carboxylic acid groups (broad SMARTS) is 1. The Bertz CT molecular complexity index is 184. The summed E-state index contributed by atoms with van der Waals surface area (Å²) >= 11 is 0. The molecule has 0 spiro atoms. The minimum Gasteiger partial charge on any atom is -0.481 e. The Morgan fingerprint density at radius 1 is 1.62 bits per heavy atom. The topological polar surface area (TPSA) is 66.8 Å². The summed E-state index contributed by atoms with van der Waals surface area (Å²) in [5.74, 6) is -1.14. The van der Waals surface area contributed by atoms with Crippen LogP contribution < -0.4 is 0 Å². The van der Waals surface area contributed by atoms with Crippen LogP contribution in [-0.4, -0.2) is 35.5 Å². The molecule has 0 bridgehead atoms. The zero-order chi connectivity index (χ0) is 9.90. The van der Waals surface area contributed by atoms with Gasteiger partial charge in [-0.15, -0.1) is 0 Å². The fourth-order valence-electron chi connectivity index (χ4n) is 1.78. The number of aliphatic carboxylic acids is 1. The standard InChI is InChI=1S/C9H16O4/c1-13-4-2-3-9(12)5-7(6-9)8(10)11/h7,12H,2-6H2,1H3,(H,10,11). The highest BCUT2D eigenvalue weighted by atomic mass is 16.5. The van der Waals surface area contributed by atoms with Gasteiger partial charge in [-0.1, -0.05) is 0 Å². The highest BCUT2D eigenvalue weighted by Gasteiger charge is 2.45. The number of rotatable bonds is 5. The van der Waals surface area contributed by atoms with Crippen LogP contribution >= 0.6 is 0 Å². The molecule has 76 valence electrons. The van der Waals surface area contributed by atoms with Crippen LogP contribution in [0.4, 0.5) is 0 Å². The van der Waals surface area contributed by atoms with Crippen molar-refractivity contribution in [2.75, 3.05) is 13.7 Å². The lowest BCUT2D eigenvalue weighted by atomic mass is 9.69. The first-order valence-electron chi connectivity index (χ1n) is 4.51. The van der Waals surface area contributed by atoms with Crippen molar-refractivity contribution in [1.29, 1.82) is 0 Å². The van der Waals surface area contributed by atoms with Crippen LogP contribution in [0.1, 0.15) is 25.7 Å². The molecule has 0 aromatic heterocycles. The van der Waals surface area contributed by atoms with E-state index >= 15 is 0 Å². The molecule has 0 aromatic carbocycles. The Morgan fingerprint density at radius 2 is 2.23 bits per heavy atom. The van der Waals surface area contributed by atoms with Gasteiger partial charge in [0, 0.05) is 13.7 Å². The molecule has 0 unspecified atom stereocenters. The SMILES string of the molecule is COCCCC1(O)CC(C(=O)O)C1. The van der Waals surface area contributed by atoms with E-state index in [0.717, 1.165) is 6.42 Å². The van der Waals surface area contributed by atoms with Crippen LogP contribution in [0.3, 0.4) is 0 Å². The van der Waals surface area contributed by atoms with Crippen molar-refractivity contribution in [3.05, 3.63) is 0 Å². The monoisotopic (exact) mass is 188 g/mol. The van der Waals surface area contributed by atoms with Gasteiger partial charge >= 0.3 is 5.97 Å². The Kier molecular flexibility index (Phi) is 3.27. The van der Waals surface area contributed by atoms with Crippen LogP contribution in [0.5, 0.6) is 0 Å². The van der Waals surface area contributed by atoms with E-state index in [2.05, 4.69) is 0 Å². The Labute approximate surface area is 77.5 Å². The predicted octanol–water partition coefficient (Wildman–Crippen LogP) is 0.639. The van der Waals surface area contributed by atoms with Crippen molar-refractivity contribution in [2.24, 2.45) is 5.92 Å². The van der Waals surface area contributed by atoms with Gasteiger partial charge < -0.3 is 14.9 Å². The minimum absolute atomic E-state index is 0.340. The van der Waals surface area contributed by atoms with E-state index in [-0.39, 0.29) is 5.92 Å². The van der Waals surface area contributed by atoms with E-state index in [0.29, 0.717) is 25.9 Å². The average molecular weight is 188 g/mol. The molecular formula is C9H16O4. The lowest BCUT2D eigenvalue weighted by Gasteiger charge is -2.41. The fourth-order valence-corrected chi connectivity index (χ4v) is 1.78. The van der Waals surface area contributed by atoms with Gasteiger partial charge in [-0.3, -0.25) is 4.79 Å². The minimum atomic E-state index is -0.795. The number of aliphatic hydroxyl groups is 1. The van der Waals surface area contributed by atoms with E-state index in [4.69, 9.17) is 9.84 Å². The van der Waals surface area contributed by atoms with Crippen molar-refractivity contribution in [2.45, 2.75) is 31.3 Å². The summed E-state index contributed by atoms with van der Waals surface area (Å²) in [6.45, 7) is 0.625. The number of carboxylic acids is 1. The van der Waals surface area contributed by atoms with Crippen LogP contribution in [0.2, 0.25) is 0 Å². The number of methoxy groups -OCH3 is 1. The molecule has 0 atom stereocenters. The van der Waals surface area contributed by atoms with Gasteiger partial charge in [-0.25, -0.2) is 0 Å². The molecule has 1 saturated carbocycles. The zero-order valence-corrected chi connectivity index (χ0v) is 7.82. The molecule has 1 aliphatic rings. The molecule has 1 fully saturated rings. The average Bonchev–Trinajstić information content (AvgIpc) is 2.00. The molecule has 1 aliphatic carbocycles. The van der Waals surface area contributed by atoms with Crippen molar-refractivity contribution < 1.29 is 19.7 Å². The Hall–Kier alpha value is -0.610. The lowest BCUT2D eigenvalue weighted by molar-refractivity contribution is -0.159. The maximum atomic E-state index is 10.5. The molecule has 0 radical (unpaired) electrons. The normalized spacial score (nSPS) is 32.6. The molecule has 0 saturated heterocycles.